The first kappa shape index (κ1) is 18.2. The first-order chi connectivity index (χ1) is 13.4. The van der Waals surface area contributed by atoms with Gasteiger partial charge in [0.25, 0.3) is 11.9 Å². The highest BCUT2D eigenvalue weighted by atomic mass is 16.6. The Morgan fingerprint density at radius 1 is 1.14 bits per heavy atom. The molecule has 1 amide bonds. The van der Waals surface area contributed by atoms with Gasteiger partial charge in [0.05, 0.1) is 20.1 Å². The molecule has 2 aromatic carbocycles. The van der Waals surface area contributed by atoms with Crippen molar-refractivity contribution in [2.24, 2.45) is 0 Å². The third-order valence-electron chi connectivity index (χ3n) is 5.76. The van der Waals surface area contributed by atoms with Gasteiger partial charge in [0, 0.05) is 27.8 Å². The van der Waals surface area contributed by atoms with E-state index in [1.54, 1.807) is 42.5 Å². The van der Waals surface area contributed by atoms with Gasteiger partial charge in [-0.2, -0.15) is 0 Å². The number of fused-ring (bicyclic) bond motifs is 2. The maximum Gasteiger partial charge on any atom is 0.256 e. The Labute approximate surface area is 162 Å². The highest BCUT2D eigenvalue weighted by molar-refractivity contribution is 6.07. The Morgan fingerprint density at radius 3 is 2.57 bits per heavy atom. The van der Waals surface area contributed by atoms with Crippen LogP contribution in [0.1, 0.15) is 24.0 Å². The van der Waals surface area contributed by atoms with Crippen LogP contribution in [0.5, 0.6) is 11.5 Å². The quantitative estimate of drug-likeness (QED) is 0.620. The molecule has 146 valence electrons. The molecule has 0 unspecified atom stereocenters. The normalized spacial score (nSPS) is 28.1. The molecule has 28 heavy (non-hydrogen) atoms. The van der Waals surface area contributed by atoms with Crippen LogP contribution < -0.4 is 20.1 Å². The molecular formula is C20H21N3O5. The third-order valence-corrected chi connectivity index (χ3v) is 5.76. The van der Waals surface area contributed by atoms with E-state index in [0.29, 0.717) is 28.3 Å². The Hall–Kier alpha value is -3.13. The number of nitrogens with zero attached hydrogens (tertiary/aromatic N) is 1. The van der Waals surface area contributed by atoms with Gasteiger partial charge in [-0.25, -0.2) is 0 Å². The Kier molecular flexibility index (Phi) is 4.23. The molecule has 2 aliphatic heterocycles. The summed E-state index contributed by atoms with van der Waals surface area (Å²) in [7, 11) is 3.06. The molecule has 0 aliphatic carbocycles. The van der Waals surface area contributed by atoms with Gasteiger partial charge in [-0.1, -0.05) is 18.2 Å². The zero-order valence-electron chi connectivity index (χ0n) is 15.8. The topological polar surface area (TPSA) is 103 Å². The van der Waals surface area contributed by atoms with E-state index in [1.807, 2.05) is 6.92 Å². The van der Waals surface area contributed by atoms with Gasteiger partial charge in [0.15, 0.2) is 5.54 Å². The predicted molar refractivity (Wildman–Crippen MR) is 102 cm³/mol. The average molecular weight is 383 g/mol. The van der Waals surface area contributed by atoms with Crippen LogP contribution in [0.2, 0.25) is 0 Å². The van der Waals surface area contributed by atoms with Crippen LogP contribution in [0, 0.1) is 10.1 Å². The van der Waals surface area contributed by atoms with Gasteiger partial charge in [-0.15, -0.1) is 0 Å². The lowest BCUT2D eigenvalue weighted by Gasteiger charge is -2.26. The first-order valence-electron chi connectivity index (χ1n) is 8.98. The summed E-state index contributed by atoms with van der Waals surface area (Å²) in [6.07, 6.45) is 0. The average Bonchev–Trinajstić information content (AvgIpc) is 3.15. The Morgan fingerprint density at radius 2 is 1.89 bits per heavy atom. The van der Waals surface area contributed by atoms with Crippen molar-refractivity contribution >= 4 is 11.6 Å². The number of hydrogen-bond donors (Lipinski definition) is 2. The fourth-order valence-electron chi connectivity index (χ4n) is 4.62. The smallest absolute Gasteiger partial charge is 0.256 e. The van der Waals surface area contributed by atoms with Crippen molar-refractivity contribution in [2.45, 2.75) is 30.5 Å². The number of benzene rings is 2. The summed E-state index contributed by atoms with van der Waals surface area (Å²) in [6, 6.07) is 10.7. The first-order valence-corrected chi connectivity index (χ1v) is 8.98. The summed E-state index contributed by atoms with van der Waals surface area (Å²) in [5.41, 5.74) is 0.381. The van der Waals surface area contributed by atoms with E-state index in [1.165, 1.54) is 14.2 Å². The SMILES string of the molecule is COc1ccc(OC)c([C@@H]2[C@H](C)N[C@@]3(C(=O)Nc4ccccc43)[C@H]2[N+](=O)[O-])c1. The molecule has 2 heterocycles. The largest absolute Gasteiger partial charge is 0.497 e. The van der Waals surface area contributed by atoms with Gasteiger partial charge in [0.1, 0.15) is 11.5 Å². The second-order valence-corrected chi connectivity index (χ2v) is 7.10. The molecule has 0 bridgehead atoms. The number of carbonyl (C=O) groups excluding carboxylic acids is 1. The molecule has 0 aromatic heterocycles. The molecule has 8 heteroatoms. The lowest BCUT2D eigenvalue weighted by atomic mass is 9.78. The minimum absolute atomic E-state index is 0.353. The minimum Gasteiger partial charge on any atom is -0.497 e. The number of hydrogen-bond acceptors (Lipinski definition) is 6. The number of carbonyl (C=O) groups is 1. The molecule has 2 aromatic rings. The molecule has 0 radical (unpaired) electrons. The fourth-order valence-corrected chi connectivity index (χ4v) is 4.62. The zero-order valence-corrected chi connectivity index (χ0v) is 15.8. The molecule has 1 fully saturated rings. The van der Waals surface area contributed by atoms with Crippen LogP contribution in [0.3, 0.4) is 0 Å². The molecule has 1 spiro atoms. The van der Waals surface area contributed by atoms with Crippen LogP contribution in [-0.2, 0) is 10.3 Å². The highest BCUT2D eigenvalue weighted by Gasteiger charge is 2.68. The highest BCUT2D eigenvalue weighted by Crippen LogP contribution is 2.51. The van der Waals surface area contributed by atoms with E-state index in [4.69, 9.17) is 9.47 Å². The standard InChI is InChI=1S/C20H21N3O5/c1-11-17(13-10-12(27-2)8-9-16(13)28-3)18(23(25)26)20(22-11)14-6-4-5-7-15(14)21-19(20)24/h4-11,17-18,22H,1-3H3,(H,21,24)/t11-,17-,18-,20+/m0/s1. The van der Waals surface area contributed by atoms with Gasteiger partial charge in [0.2, 0.25) is 0 Å². The predicted octanol–water partition coefficient (Wildman–Crippen LogP) is 2.27. The molecule has 4 atom stereocenters. The van der Waals surface area contributed by atoms with Gasteiger partial charge < -0.3 is 14.8 Å². The number of nitrogens with one attached hydrogen (secondary N) is 2. The van der Waals surface area contributed by atoms with Crippen molar-refractivity contribution in [3.05, 3.63) is 63.7 Å². The summed E-state index contributed by atoms with van der Waals surface area (Å²) in [5.74, 6) is 0.0842. The van der Waals surface area contributed by atoms with Crippen molar-refractivity contribution in [3.8, 4) is 11.5 Å². The molecule has 8 nitrogen and oxygen atoms in total. The fraction of sp³-hybridized carbons (Fsp3) is 0.350. The monoisotopic (exact) mass is 383 g/mol. The second-order valence-electron chi connectivity index (χ2n) is 7.10. The number of nitro groups is 1. The number of anilines is 1. The van der Waals surface area contributed by atoms with Gasteiger partial charge >= 0.3 is 0 Å². The minimum atomic E-state index is -1.45. The summed E-state index contributed by atoms with van der Waals surface area (Å²) in [6.45, 7) is 1.85. The second kappa shape index (κ2) is 6.49. The van der Waals surface area contributed by atoms with Crippen molar-refractivity contribution in [1.82, 2.24) is 5.32 Å². The summed E-state index contributed by atoms with van der Waals surface area (Å²) in [4.78, 5) is 25.0. The van der Waals surface area contributed by atoms with Crippen molar-refractivity contribution in [1.29, 1.82) is 0 Å². The summed E-state index contributed by atoms with van der Waals surface area (Å²) < 4.78 is 10.8. The number of para-hydroxylation sites is 1. The number of ether oxygens (including phenoxy) is 2. The molecular weight excluding hydrogens is 362 g/mol. The molecule has 4 rings (SSSR count). The number of rotatable bonds is 4. The summed E-state index contributed by atoms with van der Waals surface area (Å²) >= 11 is 0. The van der Waals surface area contributed by atoms with E-state index < -0.39 is 23.4 Å². The lowest BCUT2D eigenvalue weighted by molar-refractivity contribution is -0.532. The molecule has 0 saturated carbocycles. The van der Waals surface area contributed by atoms with Crippen LogP contribution in [0.4, 0.5) is 5.69 Å². The van der Waals surface area contributed by atoms with Crippen molar-refractivity contribution < 1.29 is 19.2 Å². The summed E-state index contributed by atoms with van der Waals surface area (Å²) in [5, 5.41) is 18.4. The van der Waals surface area contributed by atoms with E-state index in [-0.39, 0.29) is 11.0 Å². The molecule has 2 aliphatic rings. The lowest BCUT2D eigenvalue weighted by Crippen LogP contribution is -2.54. The number of methoxy groups -OCH3 is 2. The van der Waals surface area contributed by atoms with Gasteiger partial charge in [-0.05, 0) is 31.2 Å². The molecule has 2 N–H and O–H groups in total. The van der Waals surface area contributed by atoms with Crippen molar-refractivity contribution in [2.75, 3.05) is 19.5 Å². The van der Waals surface area contributed by atoms with E-state index in [0.717, 1.165) is 0 Å². The maximum absolute atomic E-state index is 13.0. The third kappa shape index (κ3) is 2.37. The number of amides is 1. The van der Waals surface area contributed by atoms with Gasteiger partial charge in [-0.3, -0.25) is 20.2 Å². The maximum atomic E-state index is 13.0. The Balaban J connectivity index is 1.92. The van der Waals surface area contributed by atoms with E-state index in [2.05, 4.69) is 10.6 Å². The van der Waals surface area contributed by atoms with Crippen LogP contribution in [0.15, 0.2) is 42.5 Å². The Bertz CT molecular complexity index is 963. The molecule has 1 saturated heterocycles. The van der Waals surface area contributed by atoms with Crippen LogP contribution in [-0.4, -0.2) is 37.1 Å². The zero-order chi connectivity index (χ0) is 20.1. The van der Waals surface area contributed by atoms with E-state index in [9.17, 15) is 14.9 Å². The van der Waals surface area contributed by atoms with Crippen LogP contribution >= 0.6 is 0 Å². The van der Waals surface area contributed by atoms with Crippen molar-refractivity contribution in [3.63, 3.8) is 0 Å². The van der Waals surface area contributed by atoms with E-state index >= 15 is 0 Å². The van der Waals surface area contributed by atoms with Crippen LogP contribution in [0.25, 0.3) is 0 Å².